The van der Waals surface area contributed by atoms with Crippen LogP contribution in [-0.2, 0) is 11.1 Å². The summed E-state index contributed by atoms with van der Waals surface area (Å²) in [5.41, 5.74) is -0.209. The summed E-state index contributed by atoms with van der Waals surface area (Å²) < 4.78 is 84.3. The average molecular weight is 947 g/mol. The SMILES string of the molecule is CN1CC[C@@H](N(C)C(=O)N2CC(c3cc(F)ccc3F)=C[C@@]2(CO)c2ccccc2)C[C@@H]1CF.CN1CC[C@H](N(C)C(=O)N2CC(c3cc(F)ccc3F)=C[C@@]2(CO)c2ccccc2)C[C@H]1CF. The van der Waals surface area contributed by atoms with Crippen LogP contribution < -0.4 is 0 Å². The van der Waals surface area contributed by atoms with E-state index in [1.165, 1.54) is 9.80 Å². The Labute approximate surface area is 394 Å². The van der Waals surface area contributed by atoms with Crippen LogP contribution in [0.3, 0.4) is 0 Å². The molecule has 0 aliphatic carbocycles. The molecule has 0 unspecified atom stereocenters. The van der Waals surface area contributed by atoms with Crippen LogP contribution in [0, 0.1) is 23.3 Å². The molecule has 0 radical (unpaired) electrons. The maximum absolute atomic E-state index is 14.7. The van der Waals surface area contributed by atoms with Crippen LogP contribution in [0.5, 0.6) is 0 Å². The average Bonchev–Trinajstić information content (AvgIpc) is 3.97. The largest absolute Gasteiger partial charge is 0.393 e. The Balaban J connectivity index is 0.000000201. The van der Waals surface area contributed by atoms with Crippen molar-refractivity contribution in [2.24, 2.45) is 0 Å². The number of piperidine rings is 2. The monoisotopic (exact) mass is 946 g/mol. The fraction of sp³-hybridized carbons (Fsp3) is 0.423. The molecule has 4 amide bonds. The van der Waals surface area contributed by atoms with Gasteiger partial charge in [-0.05, 0) is 111 Å². The van der Waals surface area contributed by atoms with Gasteiger partial charge >= 0.3 is 12.1 Å². The Morgan fingerprint density at radius 1 is 0.603 bits per heavy atom. The molecule has 4 heterocycles. The van der Waals surface area contributed by atoms with Gasteiger partial charge in [0.2, 0.25) is 0 Å². The second-order valence-corrected chi connectivity index (χ2v) is 18.4. The first-order valence-corrected chi connectivity index (χ1v) is 22.9. The number of alkyl halides is 2. The maximum Gasteiger partial charge on any atom is 0.321 e. The molecule has 8 rings (SSSR count). The van der Waals surface area contributed by atoms with Gasteiger partial charge in [-0.25, -0.2) is 35.9 Å². The Morgan fingerprint density at radius 3 is 1.31 bits per heavy atom. The lowest BCUT2D eigenvalue weighted by Gasteiger charge is -2.44. The summed E-state index contributed by atoms with van der Waals surface area (Å²) in [4.78, 5) is 37.8. The first kappa shape index (κ1) is 50.2. The van der Waals surface area contributed by atoms with Crippen LogP contribution in [0.1, 0.15) is 47.9 Å². The third kappa shape index (κ3) is 9.91. The van der Waals surface area contributed by atoms with E-state index in [9.17, 15) is 46.1 Å². The molecule has 0 saturated carbocycles. The topological polar surface area (TPSA) is 94.0 Å². The molecule has 16 heteroatoms. The van der Waals surface area contributed by atoms with E-state index in [-0.39, 0.29) is 60.4 Å². The minimum absolute atomic E-state index is 0.00182. The van der Waals surface area contributed by atoms with Gasteiger partial charge in [-0.3, -0.25) is 0 Å². The highest BCUT2D eigenvalue weighted by molar-refractivity contribution is 5.85. The molecule has 0 spiro atoms. The number of hydrogen-bond acceptors (Lipinski definition) is 6. The predicted molar refractivity (Wildman–Crippen MR) is 250 cm³/mol. The molecule has 364 valence electrons. The quantitative estimate of drug-likeness (QED) is 0.156. The molecule has 2 fully saturated rings. The highest BCUT2D eigenvalue weighted by atomic mass is 19.1. The molecule has 4 aromatic rings. The summed E-state index contributed by atoms with van der Waals surface area (Å²) in [6, 6.07) is 22.9. The number of urea groups is 2. The number of amides is 4. The van der Waals surface area contributed by atoms with Gasteiger partial charge in [0.1, 0.15) is 47.7 Å². The summed E-state index contributed by atoms with van der Waals surface area (Å²) in [5, 5.41) is 21.2. The van der Waals surface area contributed by atoms with Crippen molar-refractivity contribution in [2.75, 3.05) is 80.9 Å². The van der Waals surface area contributed by atoms with Crippen LogP contribution in [0.4, 0.5) is 35.9 Å². The van der Waals surface area contributed by atoms with Crippen molar-refractivity contribution in [1.29, 1.82) is 0 Å². The van der Waals surface area contributed by atoms with E-state index in [1.807, 2.05) is 36.0 Å². The number of hydrogen-bond donors (Lipinski definition) is 2. The van der Waals surface area contributed by atoms with Gasteiger partial charge in [0, 0.05) is 75.6 Å². The van der Waals surface area contributed by atoms with Crippen molar-refractivity contribution in [3.05, 3.63) is 155 Å². The van der Waals surface area contributed by atoms with Crippen molar-refractivity contribution < 1.29 is 46.1 Å². The third-order valence-corrected chi connectivity index (χ3v) is 14.5. The normalized spacial score (nSPS) is 25.4. The van der Waals surface area contributed by atoms with Crippen LogP contribution in [0.2, 0.25) is 0 Å². The van der Waals surface area contributed by atoms with Crippen LogP contribution in [-0.4, -0.2) is 157 Å². The smallest absolute Gasteiger partial charge is 0.321 e. The Bertz CT molecular complexity index is 2300. The molecule has 10 nitrogen and oxygen atoms in total. The minimum Gasteiger partial charge on any atom is -0.393 e. The van der Waals surface area contributed by atoms with E-state index in [1.54, 1.807) is 84.6 Å². The van der Waals surface area contributed by atoms with E-state index >= 15 is 0 Å². The molecule has 0 bridgehead atoms. The molecule has 2 saturated heterocycles. The van der Waals surface area contributed by atoms with E-state index in [0.717, 1.165) is 36.4 Å². The van der Waals surface area contributed by atoms with Crippen LogP contribution in [0.15, 0.2) is 109 Å². The second-order valence-electron chi connectivity index (χ2n) is 18.4. The zero-order valence-electron chi connectivity index (χ0n) is 38.8. The molecule has 4 aliphatic rings. The summed E-state index contributed by atoms with van der Waals surface area (Å²) in [7, 11) is 7.11. The lowest BCUT2D eigenvalue weighted by Crippen LogP contribution is -2.56. The summed E-state index contributed by atoms with van der Waals surface area (Å²) in [6.45, 7) is -0.523. The van der Waals surface area contributed by atoms with Gasteiger partial charge in [0.15, 0.2) is 0 Å². The van der Waals surface area contributed by atoms with E-state index < -0.39 is 60.9 Å². The number of carbonyl (C=O) groups excluding carboxylic acids is 2. The van der Waals surface area contributed by atoms with E-state index in [4.69, 9.17) is 0 Å². The van der Waals surface area contributed by atoms with Gasteiger partial charge in [-0.1, -0.05) is 60.7 Å². The summed E-state index contributed by atoms with van der Waals surface area (Å²) >= 11 is 0. The van der Waals surface area contributed by atoms with Crippen molar-refractivity contribution in [2.45, 2.75) is 60.9 Å². The Morgan fingerprint density at radius 2 is 0.971 bits per heavy atom. The van der Waals surface area contributed by atoms with Crippen LogP contribution in [0.25, 0.3) is 11.1 Å². The number of aliphatic hydroxyl groups excluding tert-OH is 2. The Hall–Kier alpha value is -5.68. The molecule has 6 atom stereocenters. The van der Waals surface area contributed by atoms with E-state index in [2.05, 4.69) is 0 Å². The molecular weight excluding hydrogens is 887 g/mol. The number of aliphatic hydroxyl groups is 2. The standard InChI is InChI=1S/2C26H30F3N3O2/c2*1-30-11-10-21(13-22(30)15-27)31(2)25(34)32-16-18(23-12-20(28)8-9-24(23)29)14-26(32,17-33)19-6-4-3-5-7-19/h2*3-9,12,14,21-22,33H,10-11,13,15-17H2,1-2H3/t21-,22-,26+;21-,22-,26-/m01/s1. The summed E-state index contributed by atoms with van der Waals surface area (Å²) in [5.74, 6) is -2.37. The highest BCUT2D eigenvalue weighted by Crippen LogP contribution is 2.43. The number of halogens is 6. The van der Waals surface area contributed by atoms with Crippen molar-refractivity contribution in [3.8, 4) is 0 Å². The van der Waals surface area contributed by atoms with E-state index in [0.29, 0.717) is 61.0 Å². The van der Waals surface area contributed by atoms with Gasteiger partial charge in [-0.2, -0.15) is 0 Å². The fourth-order valence-corrected chi connectivity index (χ4v) is 10.2. The molecular formula is C52H60F6N6O4. The van der Waals surface area contributed by atoms with Crippen LogP contribution >= 0.6 is 0 Å². The summed E-state index contributed by atoms with van der Waals surface area (Å²) in [6.07, 6.45) is 5.70. The number of carbonyl (C=O) groups is 2. The third-order valence-electron chi connectivity index (χ3n) is 14.5. The zero-order valence-corrected chi connectivity index (χ0v) is 38.8. The lowest BCUT2D eigenvalue weighted by atomic mass is 9.89. The molecule has 4 aromatic carbocycles. The van der Waals surface area contributed by atoms with Gasteiger partial charge in [0.05, 0.1) is 13.2 Å². The van der Waals surface area contributed by atoms with Gasteiger partial charge in [0.25, 0.3) is 0 Å². The maximum atomic E-state index is 14.7. The van der Waals surface area contributed by atoms with Crippen molar-refractivity contribution in [1.82, 2.24) is 29.4 Å². The molecule has 2 N–H and O–H groups in total. The van der Waals surface area contributed by atoms with Gasteiger partial charge in [-0.15, -0.1) is 0 Å². The fourth-order valence-electron chi connectivity index (χ4n) is 10.2. The molecule has 0 aromatic heterocycles. The van der Waals surface area contributed by atoms with Crippen molar-refractivity contribution >= 4 is 23.2 Å². The second kappa shape index (κ2) is 21.3. The molecule has 68 heavy (non-hydrogen) atoms. The lowest BCUT2D eigenvalue weighted by molar-refractivity contribution is 0.0560. The number of benzene rings is 4. The first-order chi connectivity index (χ1) is 32.6. The van der Waals surface area contributed by atoms with Crippen molar-refractivity contribution in [3.63, 3.8) is 0 Å². The Kier molecular flexibility index (Phi) is 15.7. The number of nitrogens with zero attached hydrogens (tertiary/aromatic N) is 6. The first-order valence-electron chi connectivity index (χ1n) is 22.9. The van der Waals surface area contributed by atoms with Gasteiger partial charge < -0.3 is 39.6 Å². The number of likely N-dealkylation sites (tertiary alicyclic amines) is 2. The highest BCUT2D eigenvalue weighted by Gasteiger charge is 2.48. The zero-order chi connectivity index (χ0) is 48.9. The predicted octanol–water partition coefficient (Wildman–Crippen LogP) is 8.07. The molecule has 4 aliphatic heterocycles. The minimum atomic E-state index is -1.24. The number of rotatable bonds is 10.